The van der Waals surface area contributed by atoms with Gasteiger partial charge in [0.1, 0.15) is 13.2 Å². The number of ether oxygens (including phenoxy) is 2. The third-order valence-corrected chi connectivity index (χ3v) is 2.62. The van der Waals surface area contributed by atoms with Crippen LogP contribution in [-0.2, 0) is 14.3 Å². The summed E-state index contributed by atoms with van der Waals surface area (Å²) in [6, 6.07) is 0.118. The first kappa shape index (κ1) is 17.3. The molecule has 1 N–H and O–H groups in total. The van der Waals surface area contributed by atoms with Gasteiger partial charge in [0.2, 0.25) is 5.91 Å². The Morgan fingerprint density at radius 1 is 1.48 bits per heavy atom. The van der Waals surface area contributed by atoms with Crippen molar-refractivity contribution in [3.05, 3.63) is 11.8 Å². The second kappa shape index (κ2) is 9.25. The Balaban J connectivity index is 2.58. The SMILES string of the molecule is COCC1=CC(COC)=NCN1/C=N\CC(=O)NC(C)C. The van der Waals surface area contributed by atoms with Gasteiger partial charge in [-0.15, -0.1) is 0 Å². The molecule has 118 valence electrons. The normalized spacial score (nSPS) is 15.4. The minimum atomic E-state index is -0.0981. The fourth-order valence-corrected chi connectivity index (χ4v) is 1.79. The van der Waals surface area contributed by atoms with Crippen molar-refractivity contribution < 1.29 is 14.3 Å². The Hall–Kier alpha value is -1.73. The monoisotopic (exact) mass is 296 g/mol. The molecule has 1 rings (SSSR count). The maximum absolute atomic E-state index is 11.5. The topological polar surface area (TPSA) is 75.5 Å². The number of hydrogen-bond donors (Lipinski definition) is 1. The van der Waals surface area contributed by atoms with Gasteiger partial charge in [-0.3, -0.25) is 14.8 Å². The van der Waals surface area contributed by atoms with Crippen molar-refractivity contribution in [3.63, 3.8) is 0 Å². The number of hydrogen-bond acceptors (Lipinski definition) is 5. The summed E-state index contributed by atoms with van der Waals surface area (Å²) >= 11 is 0. The molecule has 0 unspecified atom stereocenters. The van der Waals surface area contributed by atoms with E-state index in [-0.39, 0.29) is 18.5 Å². The molecule has 0 aromatic carbocycles. The molecule has 0 atom stereocenters. The van der Waals surface area contributed by atoms with E-state index in [2.05, 4.69) is 15.3 Å². The first-order valence-corrected chi connectivity index (χ1v) is 6.84. The predicted octanol–water partition coefficient (Wildman–Crippen LogP) is 0.430. The molecule has 1 aliphatic rings. The highest BCUT2D eigenvalue weighted by Crippen LogP contribution is 2.09. The van der Waals surface area contributed by atoms with E-state index < -0.39 is 0 Å². The zero-order chi connectivity index (χ0) is 15.7. The number of aliphatic imine (C=N–C) groups is 2. The molecule has 0 fully saturated rings. The van der Waals surface area contributed by atoms with Crippen molar-refractivity contribution in [2.45, 2.75) is 19.9 Å². The van der Waals surface area contributed by atoms with Crippen LogP contribution in [0.4, 0.5) is 0 Å². The molecule has 1 aliphatic heterocycles. The van der Waals surface area contributed by atoms with Crippen LogP contribution in [0.25, 0.3) is 0 Å². The summed E-state index contributed by atoms with van der Waals surface area (Å²) < 4.78 is 10.2. The number of carbonyl (C=O) groups is 1. The molecule has 0 radical (unpaired) electrons. The molecule has 0 saturated heterocycles. The average molecular weight is 296 g/mol. The van der Waals surface area contributed by atoms with Gasteiger partial charge in [-0.1, -0.05) is 0 Å². The van der Waals surface area contributed by atoms with Crippen molar-refractivity contribution in [1.82, 2.24) is 10.2 Å². The zero-order valence-corrected chi connectivity index (χ0v) is 13.1. The Morgan fingerprint density at radius 3 is 2.81 bits per heavy atom. The van der Waals surface area contributed by atoms with Crippen LogP contribution >= 0.6 is 0 Å². The Kier molecular flexibility index (Phi) is 7.63. The molecule has 7 heteroatoms. The van der Waals surface area contributed by atoms with E-state index in [4.69, 9.17) is 9.47 Å². The van der Waals surface area contributed by atoms with Gasteiger partial charge in [0.05, 0.1) is 25.3 Å². The molecule has 0 saturated carbocycles. The van der Waals surface area contributed by atoms with Gasteiger partial charge in [-0.2, -0.15) is 0 Å². The molecular weight excluding hydrogens is 272 g/mol. The van der Waals surface area contributed by atoms with Crippen molar-refractivity contribution in [3.8, 4) is 0 Å². The Bertz CT molecular complexity index is 430. The number of methoxy groups -OCH3 is 2. The van der Waals surface area contributed by atoms with Crippen molar-refractivity contribution in [2.75, 3.05) is 40.6 Å². The number of nitrogens with zero attached hydrogens (tertiary/aromatic N) is 3. The van der Waals surface area contributed by atoms with Crippen molar-refractivity contribution in [1.29, 1.82) is 0 Å². The summed E-state index contributed by atoms with van der Waals surface area (Å²) in [4.78, 5) is 21.9. The molecule has 0 spiro atoms. The van der Waals surface area contributed by atoms with Crippen LogP contribution in [0, 0.1) is 0 Å². The zero-order valence-electron chi connectivity index (χ0n) is 13.1. The highest BCUT2D eigenvalue weighted by atomic mass is 16.5. The van der Waals surface area contributed by atoms with Crippen LogP contribution in [-0.4, -0.2) is 69.5 Å². The highest BCUT2D eigenvalue weighted by Gasteiger charge is 2.13. The molecular formula is C14H24N4O3. The fraction of sp³-hybridized carbons (Fsp3) is 0.643. The van der Waals surface area contributed by atoms with Gasteiger partial charge in [0.25, 0.3) is 0 Å². The summed E-state index contributed by atoms with van der Waals surface area (Å²) in [6.45, 7) is 5.30. The summed E-state index contributed by atoms with van der Waals surface area (Å²) in [5, 5.41) is 2.79. The summed E-state index contributed by atoms with van der Waals surface area (Å²) in [5.41, 5.74) is 1.80. The average Bonchev–Trinajstić information content (AvgIpc) is 2.41. The van der Waals surface area contributed by atoms with Crippen LogP contribution in [0.1, 0.15) is 13.8 Å². The van der Waals surface area contributed by atoms with Crippen molar-refractivity contribution in [2.24, 2.45) is 9.98 Å². The standard InChI is InChI=1S/C14H24N4O3/c1-11(2)17-14(19)6-15-9-18-10-16-12(7-20-3)5-13(18)8-21-4/h5,9,11H,6-8,10H2,1-4H3,(H,17,19)/b15-9-. The lowest BCUT2D eigenvalue weighted by Gasteiger charge is -2.24. The van der Waals surface area contributed by atoms with Gasteiger partial charge in [0, 0.05) is 26.0 Å². The number of carbonyl (C=O) groups excluding carboxylic acids is 1. The largest absolute Gasteiger partial charge is 0.378 e. The first-order chi connectivity index (χ1) is 10.1. The van der Waals surface area contributed by atoms with Gasteiger partial charge >= 0.3 is 0 Å². The Morgan fingerprint density at radius 2 is 2.19 bits per heavy atom. The van der Waals surface area contributed by atoms with Crippen LogP contribution in [0.2, 0.25) is 0 Å². The summed E-state index contributed by atoms with van der Waals surface area (Å²) in [5.74, 6) is -0.0981. The lowest BCUT2D eigenvalue weighted by Crippen LogP contribution is -2.33. The first-order valence-electron chi connectivity index (χ1n) is 6.84. The molecule has 21 heavy (non-hydrogen) atoms. The van der Waals surface area contributed by atoms with Gasteiger partial charge in [-0.05, 0) is 19.9 Å². The third-order valence-electron chi connectivity index (χ3n) is 2.62. The van der Waals surface area contributed by atoms with E-state index in [0.29, 0.717) is 19.9 Å². The lowest BCUT2D eigenvalue weighted by atomic mass is 10.2. The van der Waals surface area contributed by atoms with Crippen LogP contribution in [0.3, 0.4) is 0 Å². The van der Waals surface area contributed by atoms with E-state index in [9.17, 15) is 4.79 Å². The van der Waals surface area contributed by atoms with E-state index in [1.165, 1.54) is 0 Å². The molecule has 0 aliphatic carbocycles. The fourth-order valence-electron chi connectivity index (χ4n) is 1.79. The number of rotatable bonds is 8. The number of amides is 1. The molecule has 0 aromatic heterocycles. The molecule has 1 heterocycles. The quantitative estimate of drug-likeness (QED) is 0.520. The van der Waals surface area contributed by atoms with E-state index in [1.807, 2.05) is 24.8 Å². The Labute approximate surface area is 125 Å². The van der Waals surface area contributed by atoms with Gasteiger partial charge in [0.15, 0.2) is 0 Å². The van der Waals surface area contributed by atoms with Crippen LogP contribution < -0.4 is 5.32 Å². The molecule has 0 bridgehead atoms. The predicted molar refractivity (Wildman–Crippen MR) is 82.6 cm³/mol. The maximum Gasteiger partial charge on any atom is 0.241 e. The minimum absolute atomic E-state index is 0.0981. The lowest BCUT2D eigenvalue weighted by molar-refractivity contribution is -0.120. The third kappa shape index (κ3) is 6.50. The smallest absolute Gasteiger partial charge is 0.241 e. The van der Waals surface area contributed by atoms with Gasteiger partial charge in [-0.25, -0.2) is 0 Å². The van der Waals surface area contributed by atoms with E-state index >= 15 is 0 Å². The van der Waals surface area contributed by atoms with E-state index in [0.717, 1.165) is 11.4 Å². The van der Waals surface area contributed by atoms with Crippen LogP contribution in [0.15, 0.2) is 21.8 Å². The van der Waals surface area contributed by atoms with Crippen LogP contribution in [0.5, 0.6) is 0 Å². The minimum Gasteiger partial charge on any atom is -0.378 e. The van der Waals surface area contributed by atoms with E-state index in [1.54, 1.807) is 20.6 Å². The van der Waals surface area contributed by atoms with Gasteiger partial charge < -0.3 is 19.7 Å². The van der Waals surface area contributed by atoms with Crippen molar-refractivity contribution >= 4 is 18.0 Å². The summed E-state index contributed by atoms with van der Waals surface area (Å²) in [6.07, 6.45) is 3.54. The molecule has 1 amide bonds. The second-order valence-electron chi connectivity index (χ2n) is 4.94. The molecule has 7 nitrogen and oxygen atoms in total. The number of nitrogens with one attached hydrogen (secondary N) is 1. The highest BCUT2D eigenvalue weighted by molar-refractivity contribution is 5.97. The summed E-state index contributed by atoms with van der Waals surface area (Å²) in [7, 11) is 3.27. The second-order valence-corrected chi connectivity index (χ2v) is 4.94. The molecule has 0 aromatic rings. The maximum atomic E-state index is 11.5.